The summed E-state index contributed by atoms with van der Waals surface area (Å²) in [7, 11) is 0. The number of hydrogen-bond donors (Lipinski definition) is 1. The number of ether oxygens (including phenoxy) is 1. The average Bonchev–Trinajstić information content (AvgIpc) is 2.68. The van der Waals surface area contributed by atoms with Crippen molar-refractivity contribution >= 4 is 0 Å². The summed E-state index contributed by atoms with van der Waals surface area (Å²) in [6.45, 7) is 2.19. The van der Waals surface area contributed by atoms with Crippen LogP contribution in [0.2, 0.25) is 0 Å². The lowest BCUT2D eigenvalue weighted by atomic mass is 10.3. The second-order valence-electron chi connectivity index (χ2n) is 2.35. The maximum atomic E-state index is 8.54. The highest BCUT2D eigenvalue weighted by Crippen LogP contribution is 2.19. The van der Waals surface area contributed by atoms with E-state index in [2.05, 4.69) is 18.8 Å². The van der Waals surface area contributed by atoms with E-state index in [1.807, 2.05) is 0 Å². The molecular formula is C8H12O2. The largest absolute Gasteiger partial charge is 0.394 e. The number of hydrogen-bond acceptors (Lipinski definition) is 2. The first-order chi connectivity index (χ1) is 4.88. The van der Waals surface area contributed by atoms with Gasteiger partial charge in [-0.05, 0) is 6.42 Å². The van der Waals surface area contributed by atoms with Crippen molar-refractivity contribution in [3.05, 3.63) is 0 Å². The highest BCUT2D eigenvalue weighted by Gasteiger charge is 2.36. The van der Waals surface area contributed by atoms with Crippen molar-refractivity contribution < 1.29 is 9.84 Å². The topological polar surface area (TPSA) is 32.8 Å². The van der Waals surface area contributed by atoms with Gasteiger partial charge >= 0.3 is 0 Å². The average molecular weight is 140 g/mol. The van der Waals surface area contributed by atoms with Crippen molar-refractivity contribution in [1.29, 1.82) is 0 Å². The van der Waals surface area contributed by atoms with E-state index in [-0.39, 0.29) is 18.8 Å². The zero-order valence-electron chi connectivity index (χ0n) is 6.13. The molecule has 1 rings (SSSR count). The fourth-order valence-corrected chi connectivity index (χ4v) is 0.706. The molecule has 0 saturated carbocycles. The van der Waals surface area contributed by atoms with Crippen LogP contribution in [0, 0.1) is 11.8 Å². The molecule has 0 aromatic rings. The minimum atomic E-state index is 0.00403. The van der Waals surface area contributed by atoms with Crippen LogP contribution < -0.4 is 0 Å². The Hall–Kier alpha value is -0.520. The number of epoxide rings is 1. The van der Waals surface area contributed by atoms with Gasteiger partial charge < -0.3 is 9.84 Å². The molecule has 0 aromatic carbocycles. The van der Waals surface area contributed by atoms with Gasteiger partial charge in [0.1, 0.15) is 12.2 Å². The third kappa shape index (κ3) is 2.02. The van der Waals surface area contributed by atoms with Gasteiger partial charge in [0.2, 0.25) is 0 Å². The normalized spacial score (nSPS) is 29.0. The molecule has 1 N–H and O–H groups in total. The molecule has 2 heteroatoms. The summed E-state index contributed by atoms with van der Waals surface area (Å²) in [5.41, 5.74) is 0. The van der Waals surface area contributed by atoms with E-state index in [0.29, 0.717) is 0 Å². The van der Waals surface area contributed by atoms with E-state index in [1.165, 1.54) is 0 Å². The van der Waals surface area contributed by atoms with Crippen molar-refractivity contribution in [2.75, 3.05) is 6.61 Å². The Balaban J connectivity index is 2.12. The van der Waals surface area contributed by atoms with E-state index in [0.717, 1.165) is 12.8 Å². The molecule has 0 aromatic heterocycles. The molecule has 0 radical (unpaired) electrons. The SMILES string of the molecule is CCCC#C[C@@H]1O[C@H]1CO. The molecule has 1 heterocycles. The van der Waals surface area contributed by atoms with Gasteiger partial charge in [0.05, 0.1) is 6.61 Å². The van der Waals surface area contributed by atoms with Crippen LogP contribution in [0.4, 0.5) is 0 Å². The lowest BCUT2D eigenvalue weighted by Gasteiger charge is -1.77. The Kier molecular flexibility index (Phi) is 2.73. The van der Waals surface area contributed by atoms with Crippen LogP contribution in [-0.2, 0) is 4.74 Å². The summed E-state index contributed by atoms with van der Waals surface area (Å²) < 4.78 is 4.99. The first kappa shape index (κ1) is 7.59. The van der Waals surface area contributed by atoms with Crippen LogP contribution >= 0.6 is 0 Å². The van der Waals surface area contributed by atoms with Crippen molar-refractivity contribution in [2.24, 2.45) is 0 Å². The van der Waals surface area contributed by atoms with Gasteiger partial charge in [-0.1, -0.05) is 12.8 Å². The van der Waals surface area contributed by atoms with Crippen LogP contribution in [0.25, 0.3) is 0 Å². The Morgan fingerprint density at radius 3 is 2.90 bits per heavy atom. The zero-order chi connectivity index (χ0) is 7.40. The first-order valence-corrected chi connectivity index (χ1v) is 3.63. The third-order valence-electron chi connectivity index (χ3n) is 1.38. The predicted molar refractivity (Wildman–Crippen MR) is 38.4 cm³/mol. The summed E-state index contributed by atoms with van der Waals surface area (Å²) >= 11 is 0. The minimum Gasteiger partial charge on any atom is -0.394 e. The van der Waals surface area contributed by atoms with Crippen LogP contribution in [0.5, 0.6) is 0 Å². The molecule has 1 fully saturated rings. The van der Waals surface area contributed by atoms with Gasteiger partial charge in [-0.25, -0.2) is 0 Å². The molecule has 0 unspecified atom stereocenters. The standard InChI is InChI=1S/C8H12O2/c1-2-3-4-5-7-8(6-9)10-7/h7-9H,2-3,6H2,1H3/t7-,8-/m0/s1. The van der Waals surface area contributed by atoms with Crippen LogP contribution in [0.15, 0.2) is 0 Å². The first-order valence-electron chi connectivity index (χ1n) is 3.63. The highest BCUT2D eigenvalue weighted by molar-refractivity contribution is 5.13. The zero-order valence-corrected chi connectivity index (χ0v) is 6.13. The van der Waals surface area contributed by atoms with Crippen LogP contribution in [-0.4, -0.2) is 23.9 Å². The fourth-order valence-electron chi connectivity index (χ4n) is 0.706. The lowest BCUT2D eigenvalue weighted by molar-refractivity contribution is 0.243. The second kappa shape index (κ2) is 3.60. The summed E-state index contributed by atoms with van der Waals surface area (Å²) in [6.07, 6.45) is 2.04. The molecule has 0 bridgehead atoms. The summed E-state index contributed by atoms with van der Waals surface area (Å²) in [6, 6.07) is 0. The van der Waals surface area contributed by atoms with Gasteiger partial charge in [0.15, 0.2) is 0 Å². The number of aliphatic hydroxyl groups is 1. The molecule has 1 aliphatic heterocycles. The third-order valence-corrected chi connectivity index (χ3v) is 1.38. The summed E-state index contributed by atoms with van der Waals surface area (Å²) in [5.74, 6) is 5.90. The molecule has 1 aliphatic rings. The molecule has 0 amide bonds. The van der Waals surface area contributed by atoms with E-state index in [1.54, 1.807) is 0 Å². The van der Waals surface area contributed by atoms with Crippen molar-refractivity contribution in [3.8, 4) is 11.8 Å². The number of unbranched alkanes of at least 4 members (excludes halogenated alkanes) is 1. The molecule has 56 valence electrons. The monoisotopic (exact) mass is 140 g/mol. The molecular weight excluding hydrogens is 128 g/mol. The van der Waals surface area contributed by atoms with E-state index < -0.39 is 0 Å². The van der Waals surface area contributed by atoms with Crippen LogP contribution in [0.3, 0.4) is 0 Å². The maximum Gasteiger partial charge on any atom is 0.147 e. The molecule has 2 atom stereocenters. The Labute approximate surface area is 61.2 Å². The van der Waals surface area contributed by atoms with Gasteiger partial charge in [0, 0.05) is 6.42 Å². The van der Waals surface area contributed by atoms with Gasteiger partial charge in [0.25, 0.3) is 0 Å². The lowest BCUT2D eigenvalue weighted by Crippen LogP contribution is -1.95. The molecule has 0 spiro atoms. The predicted octanol–water partition coefficient (Wildman–Crippen LogP) is 0.550. The van der Waals surface area contributed by atoms with Crippen molar-refractivity contribution in [3.63, 3.8) is 0 Å². The minimum absolute atomic E-state index is 0.00403. The Morgan fingerprint density at radius 2 is 2.40 bits per heavy atom. The van der Waals surface area contributed by atoms with Gasteiger partial charge in [-0.3, -0.25) is 0 Å². The van der Waals surface area contributed by atoms with E-state index in [4.69, 9.17) is 9.84 Å². The molecule has 1 saturated heterocycles. The molecule has 2 nitrogen and oxygen atoms in total. The smallest absolute Gasteiger partial charge is 0.147 e. The Morgan fingerprint density at radius 1 is 1.60 bits per heavy atom. The van der Waals surface area contributed by atoms with E-state index >= 15 is 0 Å². The van der Waals surface area contributed by atoms with Crippen LogP contribution in [0.1, 0.15) is 19.8 Å². The number of rotatable bonds is 2. The van der Waals surface area contributed by atoms with Crippen molar-refractivity contribution in [2.45, 2.75) is 32.0 Å². The van der Waals surface area contributed by atoms with Gasteiger partial charge in [-0.15, -0.1) is 5.92 Å². The van der Waals surface area contributed by atoms with E-state index in [9.17, 15) is 0 Å². The quantitative estimate of drug-likeness (QED) is 0.449. The Bertz CT molecular complexity index is 154. The fraction of sp³-hybridized carbons (Fsp3) is 0.750. The van der Waals surface area contributed by atoms with Gasteiger partial charge in [-0.2, -0.15) is 0 Å². The molecule has 0 aliphatic carbocycles. The number of aliphatic hydroxyl groups excluding tert-OH is 1. The van der Waals surface area contributed by atoms with Crippen molar-refractivity contribution in [1.82, 2.24) is 0 Å². The highest BCUT2D eigenvalue weighted by atomic mass is 16.6. The summed E-state index contributed by atoms with van der Waals surface area (Å²) in [4.78, 5) is 0. The maximum absolute atomic E-state index is 8.54. The molecule has 10 heavy (non-hydrogen) atoms. The second-order valence-corrected chi connectivity index (χ2v) is 2.35. The summed E-state index contributed by atoms with van der Waals surface area (Å²) in [5, 5.41) is 8.54.